The van der Waals surface area contributed by atoms with Gasteiger partial charge in [-0.05, 0) is 30.7 Å². The maximum atomic E-state index is 5.62. The second-order valence-electron chi connectivity index (χ2n) is 2.83. The first-order chi connectivity index (χ1) is 6.75. The molecule has 5 heteroatoms. The Morgan fingerprint density at radius 2 is 2.29 bits per heavy atom. The third-order valence-electron chi connectivity index (χ3n) is 1.74. The van der Waals surface area contributed by atoms with E-state index in [1.165, 1.54) is 17.9 Å². The molecule has 1 aromatic carbocycles. The van der Waals surface area contributed by atoms with Crippen LogP contribution in [0.1, 0.15) is 5.56 Å². The number of aromatic nitrogens is 2. The molecule has 72 valence electrons. The van der Waals surface area contributed by atoms with Crippen LogP contribution in [0.4, 0.5) is 5.69 Å². The van der Waals surface area contributed by atoms with Crippen molar-refractivity contribution < 1.29 is 4.74 Å². The van der Waals surface area contributed by atoms with E-state index in [9.17, 15) is 0 Å². The van der Waals surface area contributed by atoms with Crippen molar-refractivity contribution in [3.05, 3.63) is 30.1 Å². The zero-order valence-corrected chi connectivity index (χ0v) is 8.41. The van der Waals surface area contributed by atoms with Crippen molar-refractivity contribution in [3.8, 4) is 10.9 Å². The molecule has 2 N–H and O–H groups in total. The third-order valence-corrected chi connectivity index (χ3v) is 2.28. The van der Waals surface area contributed by atoms with E-state index < -0.39 is 0 Å². The summed E-state index contributed by atoms with van der Waals surface area (Å²) in [5, 5.41) is 0.540. The van der Waals surface area contributed by atoms with Gasteiger partial charge in [0.25, 0.3) is 5.19 Å². The Morgan fingerprint density at radius 1 is 1.43 bits per heavy atom. The van der Waals surface area contributed by atoms with Gasteiger partial charge < -0.3 is 10.5 Å². The molecule has 1 heterocycles. The molecule has 2 rings (SSSR count). The van der Waals surface area contributed by atoms with E-state index in [0.717, 1.165) is 17.0 Å². The van der Waals surface area contributed by atoms with Gasteiger partial charge in [-0.15, -0.1) is 0 Å². The summed E-state index contributed by atoms with van der Waals surface area (Å²) in [5.74, 6) is 0.760. The lowest BCUT2D eigenvalue weighted by Crippen LogP contribution is -1.89. The van der Waals surface area contributed by atoms with Crippen molar-refractivity contribution in [2.45, 2.75) is 6.92 Å². The van der Waals surface area contributed by atoms with Crippen LogP contribution in [-0.4, -0.2) is 9.36 Å². The van der Waals surface area contributed by atoms with E-state index in [1.807, 2.05) is 19.1 Å². The van der Waals surface area contributed by atoms with Crippen LogP contribution in [0.25, 0.3) is 0 Å². The number of nitrogens with zero attached hydrogens (tertiary/aromatic N) is 2. The third kappa shape index (κ3) is 1.82. The lowest BCUT2D eigenvalue weighted by Gasteiger charge is -2.05. The van der Waals surface area contributed by atoms with Crippen molar-refractivity contribution in [1.82, 2.24) is 9.36 Å². The Bertz CT molecular complexity index is 428. The number of nitrogens with two attached hydrogens (primary N) is 1. The summed E-state index contributed by atoms with van der Waals surface area (Å²) in [6.07, 6.45) is 1.46. The van der Waals surface area contributed by atoms with Crippen molar-refractivity contribution in [2.24, 2.45) is 0 Å². The largest absolute Gasteiger partial charge is 0.430 e. The number of nitrogen functional groups attached to an aromatic ring is 1. The Morgan fingerprint density at radius 3 is 2.93 bits per heavy atom. The van der Waals surface area contributed by atoms with Crippen LogP contribution in [0.2, 0.25) is 0 Å². The quantitative estimate of drug-likeness (QED) is 0.767. The highest BCUT2D eigenvalue weighted by Gasteiger charge is 2.03. The average molecular weight is 207 g/mol. The van der Waals surface area contributed by atoms with E-state index in [-0.39, 0.29) is 0 Å². The molecule has 0 saturated heterocycles. The molecule has 0 saturated carbocycles. The maximum absolute atomic E-state index is 5.62. The molecule has 2 aromatic rings. The van der Waals surface area contributed by atoms with E-state index in [4.69, 9.17) is 10.5 Å². The average Bonchev–Trinajstić information content (AvgIpc) is 2.62. The lowest BCUT2D eigenvalue weighted by molar-refractivity contribution is 0.475. The summed E-state index contributed by atoms with van der Waals surface area (Å²) in [7, 11) is 0. The zero-order valence-electron chi connectivity index (χ0n) is 7.60. The number of aryl methyl sites for hydroxylation is 1. The van der Waals surface area contributed by atoms with Gasteiger partial charge in [-0.3, -0.25) is 0 Å². The van der Waals surface area contributed by atoms with Gasteiger partial charge in [0.05, 0.1) is 0 Å². The van der Waals surface area contributed by atoms with Crippen LogP contribution >= 0.6 is 11.5 Å². The van der Waals surface area contributed by atoms with Gasteiger partial charge in [0.15, 0.2) is 0 Å². The minimum Gasteiger partial charge on any atom is -0.430 e. The van der Waals surface area contributed by atoms with Crippen LogP contribution in [-0.2, 0) is 0 Å². The predicted octanol–water partition coefficient (Wildman–Crippen LogP) is 2.22. The highest BCUT2D eigenvalue weighted by Crippen LogP contribution is 2.26. The summed E-state index contributed by atoms with van der Waals surface area (Å²) >= 11 is 1.22. The molecule has 0 amide bonds. The van der Waals surface area contributed by atoms with Gasteiger partial charge in [0.1, 0.15) is 12.1 Å². The molecule has 0 atom stereocenters. The number of anilines is 1. The molecule has 1 aromatic heterocycles. The summed E-state index contributed by atoms with van der Waals surface area (Å²) in [4.78, 5) is 3.93. The molecule has 0 fully saturated rings. The van der Waals surface area contributed by atoms with Gasteiger partial charge in [-0.2, -0.15) is 9.36 Å². The Kier molecular flexibility index (Phi) is 2.32. The fourth-order valence-electron chi connectivity index (χ4n) is 1.09. The second-order valence-corrected chi connectivity index (χ2v) is 3.58. The van der Waals surface area contributed by atoms with E-state index in [2.05, 4.69) is 9.36 Å². The highest BCUT2D eigenvalue weighted by atomic mass is 32.1. The number of hydrogen-bond donors (Lipinski definition) is 1. The van der Waals surface area contributed by atoms with Crippen LogP contribution < -0.4 is 10.5 Å². The standard InChI is InChI=1S/C9H9N3OS/c1-6-4-7(10)2-3-8(6)13-9-11-5-12-14-9/h2-5H,10H2,1H3. The first-order valence-corrected chi connectivity index (χ1v) is 4.84. The SMILES string of the molecule is Cc1cc(N)ccc1Oc1ncns1. The molecule has 14 heavy (non-hydrogen) atoms. The van der Waals surface area contributed by atoms with Gasteiger partial charge >= 0.3 is 0 Å². The molecule has 0 bridgehead atoms. The number of hydrogen-bond acceptors (Lipinski definition) is 5. The summed E-state index contributed by atoms with van der Waals surface area (Å²) in [6.45, 7) is 1.94. The van der Waals surface area contributed by atoms with Crippen molar-refractivity contribution in [2.75, 3.05) is 5.73 Å². The molecule has 0 spiro atoms. The summed E-state index contributed by atoms with van der Waals surface area (Å²) in [5.41, 5.74) is 7.34. The van der Waals surface area contributed by atoms with Gasteiger partial charge in [-0.25, -0.2) is 0 Å². The van der Waals surface area contributed by atoms with Crippen LogP contribution in [0.5, 0.6) is 10.9 Å². The fraction of sp³-hybridized carbons (Fsp3) is 0.111. The van der Waals surface area contributed by atoms with Crippen molar-refractivity contribution >= 4 is 17.2 Å². The topological polar surface area (TPSA) is 61.0 Å². The van der Waals surface area contributed by atoms with Crippen LogP contribution in [0, 0.1) is 6.92 Å². The Labute approximate surface area is 85.5 Å². The first kappa shape index (κ1) is 8.96. The van der Waals surface area contributed by atoms with E-state index >= 15 is 0 Å². The van der Waals surface area contributed by atoms with E-state index in [1.54, 1.807) is 6.07 Å². The Hall–Kier alpha value is -1.62. The molecular formula is C9H9N3OS. The number of benzene rings is 1. The van der Waals surface area contributed by atoms with Gasteiger partial charge in [0, 0.05) is 17.2 Å². The molecule has 4 nitrogen and oxygen atoms in total. The molecule has 0 aliphatic carbocycles. The molecule has 0 radical (unpaired) electrons. The van der Waals surface area contributed by atoms with E-state index in [0.29, 0.717) is 5.19 Å². The highest BCUT2D eigenvalue weighted by molar-refractivity contribution is 7.07. The summed E-state index contributed by atoms with van der Waals surface area (Å²) < 4.78 is 9.34. The minimum atomic E-state index is 0.540. The molecular weight excluding hydrogens is 198 g/mol. The normalized spacial score (nSPS) is 10.1. The molecule has 0 unspecified atom stereocenters. The number of rotatable bonds is 2. The van der Waals surface area contributed by atoms with Crippen LogP contribution in [0.15, 0.2) is 24.5 Å². The predicted molar refractivity (Wildman–Crippen MR) is 55.6 cm³/mol. The molecule has 0 aliphatic rings. The smallest absolute Gasteiger partial charge is 0.298 e. The fourth-order valence-corrected chi connectivity index (χ4v) is 1.49. The Balaban J connectivity index is 2.25. The van der Waals surface area contributed by atoms with Crippen LogP contribution in [0.3, 0.4) is 0 Å². The monoisotopic (exact) mass is 207 g/mol. The lowest BCUT2D eigenvalue weighted by atomic mass is 10.2. The van der Waals surface area contributed by atoms with Crippen molar-refractivity contribution in [1.29, 1.82) is 0 Å². The number of ether oxygens (including phenoxy) is 1. The molecule has 0 aliphatic heterocycles. The maximum Gasteiger partial charge on any atom is 0.298 e. The second kappa shape index (κ2) is 3.63. The van der Waals surface area contributed by atoms with Gasteiger partial charge in [0.2, 0.25) is 0 Å². The van der Waals surface area contributed by atoms with Gasteiger partial charge in [-0.1, -0.05) is 0 Å². The summed E-state index contributed by atoms with van der Waals surface area (Å²) in [6, 6.07) is 5.48. The first-order valence-electron chi connectivity index (χ1n) is 4.06. The zero-order chi connectivity index (χ0) is 9.97. The minimum absolute atomic E-state index is 0.540. The van der Waals surface area contributed by atoms with Crippen molar-refractivity contribution in [3.63, 3.8) is 0 Å².